The maximum atomic E-state index is 12.3. The van der Waals surface area contributed by atoms with Crippen LogP contribution in [0.25, 0.3) is 0 Å². The van der Waals surface area contributed by atoms with E-state index in [9.17, 15) is 9.59 Å². The van der Waals surface area contributed by atoms with Gasteiger partial charge in [0.1, 0.15) is 5.75 Å². The van der Waals surface area contributed by atoms with E-state index in [-0.39, 0.29) is 18.4 Å². The molecule has 0 aromatic heterocycles. The minimum Gasteiger partial charge on any atom is -0.494 e. The number of nitrogens with zero attached hydrogens (tertiary/aromatic N) is 1. The number of benzene rings is 2. The van der Waals surface area contributed by atoms with Crippen LogP contribution in [0, 0.1) is 0 Å². The summed E-state index contributed by atoms with van der Waals surface area (Å²) in [5.74, 6) is 0.206. The first-order valence-corrected chi connectivity index (χ1v) is 10.8. The first-order valence-electron chi connectivity index (χ1n) is 10.8. The second kappa shape index (κ2) is 11.2. The van der Waals surface area contributed by atoms with Crippen LogP contribution in [0.3, 0.4) is 0 Å². The van der Waals surface area contributed by atoms with Crippen molar-refractivity contribution in [3.05, 3.63) is 54.1 Å². The molecule has 3 rings (SSSR count). The highest BCUT2D eigenvalue weighted by Gasteiger charge is 2.12. The van der Waals surface area contributed by atoms with Gasteiger partial charge in [-0.25, -0.2) is 0 Å². The van der Waals surface area contributed by atoms with Gasteiger partial charge in [-0.2, -0.15) is 0 Å². The molecule has 2 aromatic carbocycles. The summed E-state index contributed by atoms with van der Waals surface area (Å²) < 4.78 is 5.60. The Bertz CT molecular complexity index is 830. The molecule has 0 radical (unpaired) electrons. The zero-order valence-corrected chi connectivity index (χ0v) is 17.7. The molecule has 1 aliphatic heterocycles. The van der Waals surface area contributed by atoms with Crippen molar-refractivity contribution in [2.24, 2.45) is 0 Å². The van der Waals surface area contributed by atoms with Crippen molar-refractivity contribution in [2.45, 2.75) is 39.0 Å². The molecule has 0 spiro atoms. The molecule has 1 saturated heterocycles. The van der Waals surface area contributed by atoms with Crippen molar-refractivity contribution >= 4 is 23.2 Å². The Labute approximate surface area is 178 Å². The number of hydrogen-bond acceptors (Lipinski definition) is 4. The summed E-state index contributed by atoms with van der Waals surface area (Å²) in [5.41, 5.74) is 2.36. The van der Waals surface area contributed by atoms with E-state index in [1.807, 2.05) is 18.2 Å². The number of amides is 2. The van der Waals surface area contributed by atoms with Gasteiger partial charge in [-0.3, -0.25) is 9.59 Å². The zero-order chi connectivity index (χ0) is 21.2. The van der Waals surface area contributed by atoms with Crippen LogP contribution in [0.4, 0.5) is 11.4 Å². The Morgan fingerprint density at radius 1 is 1.03 bits per heavy atom. The number of unbranched alkanes of at least 4 members (excludes halogenated alkanes) is 1. The Morgan fingerprint density at radius 3 is 2.53 bits per heavy atom. The molecule has 2 amide bonds. The minimum atomic E-state index is -0.285. The summed E-state index contributed by atoms with van der Waals surface area (Å²) in [6.45, 7) is 4.80. The van der Waals surface area contributed by atoms with Gasteiger partial charge in [0.05, 0.1) is 13.2 Å². The third-order valence-corrected chi connectivity index (χ3v) is 5.14. The monoisotopic (exact) mass is 409 g/mol. The minimum absolute atomic E-state index is 0.0818. The molecule has 160 valence electrons. The van der Waals surface area contributed by atoms with E-state index in [0.717, 1.165) is 43.1 Å². The normalized spacial score (nSPS) is 13.6. The molecule has 0 atom stereocenters. The van der Waals surface area contributed by atoms with Gasteiger partial charge in [0.2, 0.25) is 5.91 Å². The van der Waals surface area contributed by atoms with Crippen molar-refractivity contribution in [2.75, 3.05) is 36.5 Å². The molecule has 0 bridgehead atoms. The molecule has 6 nitrogen and oxygen atoms in total. The lowest BCUT2D eigenvalue weighted by Gasteiger charge is -2.29. The van der Waals surface area contributed by atoms with Gasteiger partial charge in [0, 0.05) is 30.0 Å². The van der Waals surface area contributed by atoms with Gasteiger partial charge in [-0.05, 0) is 68.1 Å². The number of carbonyl (C=O) groups excluding carboxylic acids is 2. The number of hydrogen-bond donors (Lipinski definition) is 2. The molecule has 2 aromatic rings. The molecule has 0 unspecified atom stereocenters. The number of nitrogens with one attached hydrogen (secondary N) is 2. The van der Waals surface area contributed by atoms with E-state index in [2.05, 4.69) is 28.5 Å². The van der Waals surface area contributed by atoms with E-state index >= 15 is 0 Å². The van der Waals surface area contributed by atoms with Crippen LogP contribution < -0.4 is 20.3 Å². The van der Waals surface area contributed by atoms with E-state index in [1.165, 1.54) is 19.3 Å². The summed E-state index contributed by atoms with van der Waals surface area (Å²) in [5, 5.41) is 5.53. The van der Waals surface area contributed by atoms with Crippen LogP contribution in [0.15, 0.2) is 48.5 Å². The Hall–Kier alpha value is -3.02. The average Bonchev–Trinajstić information content (AvgIpc) is 2.79. The Kier molecular flexibility index (Phi) is 8.12. The van der Waals surface area contributed by atoms with Crippen molar-refractivity contribution in [1.82, 2.24) is 5.32 Å². The third kappa shape index (κ3) is 6.51. The number of carbonyl (C=O) groups is 2. The lowest BCUT2D eigenvalue weighted by atomic mass is 10.1. The number of anilines is 2. The second-order valence-electron chi connectivity index (χ2n) is 7.56. The van der Waals surface area contributed by atoms with Crippen LogP contribution >= 0.6 is 0 Å². The predicted octanol–water partition coefficient (Wildman–Crippen LogP) is 4.22. The van der Waals surface area contributed by atoms with Crippen LogP contribution in [0.2, 0.25) is 0 Å². The average molecular weight is 410 g/mol. The molecule has 1 heterocycles. The van der Waals surface area contributed by atoms with Crippen molar-refractivity contribution in [3.8, 4) is 5.75 Å². The topological polar surface area (TPSA) is 70.7 Å². The van der Waals surface area contributed by atoms with Gasteiger partial charge in [0.25, 0.3) is 5.91 Å². The summed E-state index contributed by atoms with van der Waals surface area (Å²) in [4.78, 5) is 26.9. The summed E-state index contributed by atoms with van der Waals surface area (Å²) in [7, 11) is 0. The highest BCUT2D eigenvalue weighted by molar-refractivity contribution is 5.99. The fourth-order valence-electron chi connectivity index (χ4n) is 3.44. The number of ether oxygens (including phenoxy) is 1. The first-order chi connectivity index (χ1) is 14.7. The van der Waals surface area contributed by atoms with Crippen LogP contribution in [0.1, 0.15) is 49.4 Å². The molecule has 30 heavy (non-hydrogen) atoms. The van der Waals surface area contributed by atoms with Crippen LogP contribution in [-0.2, 0) is 4.79 Å². The van der Waals surface area contributed by atoms with Crippen LogP contribution in [-0.4, -0.2) is 38.1 Å². The molecular formula is C24H31N3O3. The zero-order valence-electron chi connectivity index (χ0n) is 17.7. The van der Waals surface area contributed by atoms with Crippen molar-refractivity contribution in [1.29, 1.82) is 0 Å². The fraction of sp³-hybridized carbons (Fsp3) is 0.417. The molecule has 6 heteroatoms. The lowest BCUT2D eigenvalue weighted by molar-refractivity contribution is -0.115. The molecule has 0 aliphatic carbocycles. The largest absolute Gasteiger partial charge is 0.494 e. The maximum absolute atomic E-state index is 12.3. The first kappa shape index (κ1) is 21.7. The van der Waals surface area contributed by atoms with Gasteiger partial charge in [0.15, 0.2) is 0 Å². The number of rotatable bonds is 9. The lowest BCUT2D eigenvalue weighted by Crippen LogP contribution is -2.33. The standard InChI is InChI=1S/C24H31N3O3/c1-2-3-16-30-22-12-10-19(11-13-22)24(29)25-18-23(28)26-20-8-7-9-21(17-20)27-14-5-4-6-15-27/h7-13,17H,2-6,14-16,18H2,1H3,(H,25,29)(H,26,28). The van der Waals surface area contributed by atoms with Gasteiger partial charge in [-0.1, -0.05) is 19.4 Å². The summed E-state index contributed by atoms with van der Waals surface area (Å²) in [6.07, 6.45) is 5.76. The maximum Gasteiger partial charge on any atom is 0.251 e. The highest BCUT2D eigenvalue weighted by atomic mass is 16.5. The quantitative estimate of drug-likeness (QED) is 0.608. The van der Waals surface area contributed by atoms with Gasteiger partial charge < -0.3 is 20.3 Å². The van der Waals surface area contributed by atoms with Crippen molar-refractivity contribution < 1.29 is 14.3 Å². The molecule has 0 saturated carbocycles. The summed E-state index contributed by atoms with van der Waals surface area (Å²) >= 11 is 0. The van der Waals surface area contributed by atoms with Gasteiger partial charge in [-0.15, -0.1) is 0 Å². The fourth-order valence-corrected chi connectivity index (χ4v) is 3.44. The third-order valence-electron chi connectivity index (χ3n) is 5.14. The van der Waals surface area contributed by atoms with Gasteiger partial charge >= 0.3 is 0 Å². The van der Waals surface area contributed by atoms with Crippen molar-refractivity contribution in [3.63, 3.8) is 0 Å². The Morgan fingerprint density at radius 2 is 1.80 bits per heavy atom. The van der Waals surface area contributed by atoms with E-state index < -0.39 is 0 Å². The predicted molar refractivity (Wildman–Crippen MR) is 120 cm³/mol. The highest BCUT2D eigenvalue weighted by Crippen LogP contribution is 2.23. The molecule has 1 fully saturated rings. The van der Waals surface area contributed by atoms with E-state index in [0.29, 0.717) is 12.2 Å². The summed E-state index contributed by atoms with van der Waals surface area (Å²) in [6, 6.07) is 14.8. The molecule has 2 N–H and O–H groups in total. The van der Waals surface area contributed by atoms with Crippen LogP contribution in [0.5, 0.6) is 5.75 Å². The Balaban J connectivity index is 1.46. The van der Waals surface area contributed by atoms with E-state index in [4.69, 9.17) is 4.74 Å². The SMILES string of the molecule is CCCCOc1ccc(C(=O)NCC(=O)Nc2cccc(N3CCCCC3)c2)cc1. The molecular weight excluding hydrogens is 378 g/mol. The van der Waals surface area contributed by atoms with E-state index in [1.54, 1.807) is 24.3 Å². The number of piperidine rings is 1. The second-order valence-corrected chi connectivity index (χ2v) is 7.56. The molecule has 1 aliphatic rings. The smallest absolute Gasteiger partial charge is 0.251 e.